The fourth-order valence-electron chi connectivity index (χ4n) is 3.27. The Morgan fingerprint density at radius 3 is 2.52 bits per heavy atom. The molecule has 31 heavy (non-hydrogen) atoms. The maximum absolute atomic E-state index is 13.3. The second kappa shape index (κ2) is 8.16. The number of hydrogen-bond acceptors (Lipinski definition) is 7. The zero-order chi connectivity index (χ0) is 22.2. The van der Waals surface area contributed by atoms with Crippen molar-refractivity contribution in [2.45, 2.75) is 31.1 Å². The molecule has 1 aromatic carbocycles. The monoisotopic (exact) mass is 437 g/mol. The third-order valence-corrected chi connectivity index (χ3v) is 5.47. The van der Waals surface area contributed by atoms with E-state index in [0.29, 0.717) is 34.2 Å². The quantitative estimate of drug-likeness (QED) is 0.366. The van der Waals surface area contributed by atoms with Crippen molar-refractivity contribution < 1.29 is 9.84 Å². The standard InChI is InChI=1S/C22H23N5O3S/c1-22(2,29)17-6-5-7-18(24-17)27-19-16(12-23-21(25-19)31-4)20(28)26(27)13-14-8-10-15(30-3)11-9-14/h5-12,29H,13H2,1-4H3. The maximum atomic E-state index is 13.3. The normalized spacial score (nSPS) is 11.8. The predicted octanol–water partition coefficient (Wildman–Crippen LogP) is 2.98. The molecule has 0 saturated heterocycles. The van der Waals surface area contributed by atoms with Gasteiger partial charge in [0, 0.05) is 6.20 Å². The Kier molecular flexibility index (Phi) is 5.55. The summed E-state index contributed by atoms with van der Waals surface area (Å²) < 4.78 is 8.50. The van der Waals surface area contributed by atoms with E-state index in [1.54, 1.807) is 54.7 Å². The summed E-state index contributed by atoms with van der Waals surface area (Å²) in [5.74, 6) is 1.23. The lowest BCUT2D eigenvalue weighted by Crippen LogP contribution is -2.25. The van der Waals surface area contributed by atoms with Crippen LogP contribution in [0.5, 0.6) is 5.75 Å². The SMILES string of the molecule is COc1ccc(Cn2c(=O)c3cnc(SC)nc3n2-c2cccc(C(C)(C)O)n2)cc1. The van der Waals surface area contributed by atoms with E-state index in [1.165, 1.54) is 11.8 Å². The number of fused-ring (bicyclic) bond motifs is 1. The minimum absolute atomic E-state index is 0.214. The minimum Gasteiger partial charge on any atom is -0.497 e. The van der Waals surface area contributed by atoms with Gasteiger partial charge in [-0.25, -0.2) is 24.3 Å². The van der Waals surface area contributed by atoms with Crippen molar-refractivity contribution in [3.05, 3.63) is 70.3 Å². The van der Waals surface area contributed by atoms with Crippen LogP contribution in [0.15, 0.2) is 58.6 Å². The highest BCUT2D eigenvalue weighted by atomic mass is 32.2. The third kappa shape index (κ3) is 4.06. The van der Waals surface area contributed by atoms with Crippen LogP contribution in [0, 0.1) is 0 Å². The number of hydrogen-bond donors (Lipinski definition) is 1. The molecule has 3 aromatic heterocycles. The first-order valence-electron chi connectivity index (χ1n) is 9.67. The molecule has 0 unspecified atom stereocenters. The summed E-state index contributed by atoms with van der Waals surface area (Å²) in [6, 6.07) is 12.9. The summed E-state index contributed by atoms with van der Waals surface area (Å²) in [5, 5.41) is 11.4. The fraction of sp³-hybridized carbons (Fsp3) is 0.273. The summed E-state index contributed by atoms with van der Waals surface area (Å²) >= 11 is 1.40. The Morgan fingerprint density at radius 1 is 1.13 bits per heavy atom. The highest BCUT2D eigenvalue weighted by molar-refractivity contribution is 7.98. The molecule has 0 spiro atoms. The van der Waals surface area contributed by atoms with Gasteiger partial charge in [0.15, 0.2) is 16.6 Å². The summed E-state index contributed by atoms with van der Waals surface area (Å²) in [7, 11) is 1.61. The van der Waals surface area contributed by atoms with Crippen molar-refractivity contribution in [2.24, 2.45) is 0 Å². The van der Waals surface area contributed by atoms with Crippen molar-refractivity contribution in [3.8, 4) is 11.6 Å². The number of ether oxygens (including phenoxy) is 1. The molecule has 4 rings (SSSR count). The smallest absolute Gasteiger partial charge is 0.278 e. The van der Waals surface area contributed by atoms with E-state index in [-0.39, 0.29) is 5.56 Å². The van der Waals surface area contributed by atoms with Crippen LogP contribution in [-0.4, -0.2) is 42.8 Å². The van der Waals surface area contributed by atoms with Gasteiger partial charge in [-0.2, -0.15) is 0 Å². The Morgan fingerprint density at radius 2 is 1.87 bits per heavy atom. The first kappa shape index (κ1) is 21.1. The fourth-order valence-corrected chi connectivity index (χ4v) is 3.61. The van der Waals surface area contributed by atoms with Crippen LogP contribution < -0.4 is 10.3 Å². The molecule has 0 saturated carbocycles. The van der Waals surface area contributed by atoms with E-state index in [0.717, 1.165) is 11.3 Å². The highest BCUT2D eigenvalue weighted by Gasteiger charge is 2.22. The van der Waals surface area contributed by atoms with E-state index in [9.17, 15) is 9.90 Å². The Hall–Kier alpha value is -3.17. The summed E-state index contributed by atoms with van der Waals surface area (Å²) in [4.78, 5) is 26.8. The van der Waals surface area contributed by atoms with Gasteiger partial charge >= 0.3 is 0 Å². The van der Waals surface area contributed by atoms with Crippen LogP contribution in [0.1, 0.15) is 25.1 Å². The number of methoxy groups -OCH3 is 1. The molecule has 9 heteroatoms. The topological polar surface area (TPSA) is 95.1 Å². The van der Waals surface area contributed by atoms with Crippen LogP contribution in [0.2, 0.25) is 0 Å². The first-order chi connectivity index (χ1) is 14.8. The lowest BCUT2D eigenvalue weighted by molar-refractivity contribution is 0.0738. The molecule has 0 fully saturated rings. The lowest BCUT2D eigenvalue weighted by atomic mass is 10.1. The number of aromatic nitrogens is 5. The molecular weight excluding hydrogens is 414 g/mol. The minimum atomic E-state index is -1.13. The van der Waals surface area contributed by atoms with E-state index in [1.807, 2.05) is 30.5 Å². The summed E-state index contributed by atoms with van der Waals surface area (Å²) in [6.45, 7) is 3.65. The average molecular weight is 438 g/mol. The van der Waals surface area contributed by atoms with Crippen molar-refractivity contribution in [1.29, 1.82) is 0 Å². The van der Waals surface area contributed by atoms with Gasteiger partial charge in [0.1, 0.15) is 16.7 Å². The zero-order valence-electron chi connectivity index (χ0n) is 17.7. The molecule has 160 valence electrons. The molecule has 4 aromatic rings. The van der Waals surface area contributed by atoms with Gasteiger partial charge in [0.2, 0.25) is 0 Å². The zero-order valence-corrected chi connectivity index (χ0v) is 18.6. The summed E-state index contributed by atoms with van der Waals surface area (Å²) in [6.07, 6.45) is 3.43. The predicted molar refractivity (Wildman–Crippen MR) is 120 cm³/mol. The highest BCUT2D eigenvalue weighted by Crippen LogP contribution is 2.22. The van der Waals surface area contributed by atoms with Gasteiger partial charge in [-0.05, 0) is 49.9 Å². The molecule has 0 aliphatic rings. The Balaban J connectivity index is 1.95. The van der Waals surface area contributed by atoms with E-state index < -0.39 is 5.60 Å². The molecular formula is C22H23N5O3S. The van der Waals surface area contributed by atoms with E-state index in [4.69, 9.17) is 4.74 Å². The molecule has 0 aliphatic carbocycles. The number of rotatable bonds is 6. The lowest BCUT2D eigenvalue weighted by Gasteiger charge is -2.18. The van der Waals surface area contributed by atoms with Gasteiger partial charge in [0.05, 0.1) is 19.3 Å². The van der Waals surface area contributed by atoms with Gasteiger partial charge in [0.25, 0.3) is 5.56 Å². The summed E-state index contributed by atoms with van der Waals surface area (Å²) in [5.41, 5.74) is 0.546. The molecule has 0 radical (unpaired) electrons. The average Bonchev–Trinajstić information content (AvgIpc) is 3.04. The van der Waals surface area contributed by atoms with Crippen LogP contribution in [-0.2, 0) is 12.1 Å². The molecule has 0 bridgehead atoms. The van der Waals surface area contributed by atoms with Gasteiger partial charge in [-0.3, -0.25) is 4.79 Å². The second-order valence-electron chi connectivity index (χ2n) is 7.56. The molecule has 8 nitrogen and oxygen atoms in total. The number of aliphatic hydroxyl groups is 1. The molecule has 0 amide bonds. The van der Waals surface area contributed by atoms with Gasteiger partial charge in [-0.1, -0.05) is 30.0 Å². The van der Waals surface area contributed by atoms with Crippen LogP contribution in [0.3, 0.4) is 0 Å². The molecule has 3 heterocycles. The number of thioether (sulfide) groups is 1. The van der Waals surface area contributed by atoms with Gasteiger partial charge in [-0.15, -0.1) is 0 Å². The van der Waals surface area contributed by atoms with E-state index >= 15 is 0 Å². The van der Waals surface area contributed by atoms with Crippen molar-refractivity contribution in [3.63, 3.8) is 0 Å². The number of benzene rings is 1. The van der Waals surface area contributed by atoms with Crippen LogP contribution >= 0.6 is 11.8 Å². The molecule has 0 aliphatic heterocycles. The number of nitrogens with zero attached hydrogens (tertiary/aromatic N) is 5. The Bertz CT molecular complexity index is 1290. The van der Waals surface area contributed by atoms with Gasteiger partial charge < -0.3 is 9.84 Å². The van der Waals surface area contributed by atoms with Crippen molar-refractivity contribution in [1.82, 2.24) is 24.3 Å². The van der Waals surface area contributed by atoms with Crippen LogP contribution in [0.25, 0.3) is 16.9 Å². The first-order valence-corrected chi connectivity index (χ1v) is 10.9. The largest absolute Gasteiger partial charge is 0.497 e. The Labute approximate surface area is 183 Å². The van der Waals surface area contributed by atoms with Crippen LogP contribution in [0.4, 0.5) is 0 Å². The third-order valence-electron chi connectivity index (χ3n) is 4.91. The number of pyridine rings is 1. The van der Waals surface area contributed by atoms with Crippen molar-refractivity contribution in [2.75, 3.05) is 13.4 Å². The molecule has 0 atom stereocenters. The van der Waals surface area contributed by atoms with E-state index in [2.05, 4.69) is 15.0 Å². The molecule has 1 N–H and O–H groups in total. The van der Waals surface area contributed by atoms with Crippen molar-refractivity contribution >= 4 is 22.8 Å². The second-order valence-corrected chi connectivity index (χ2v) is 8.33. The maximum Gasteiger partial charge on any atom is 0.278 e.